The number of hydrogen-bond donors (Lipinski definition) is 0. The number of aliphatic imine (C=N–C) groups is 1. The van der Waals surface area contributed by atoms with Gasteiger partial charge in [0.2, 0.25) is 5.91 Å². The number of carbonyl (C=O) groups is 1. The van der Waals surface area contributed by atoms with Gasteiger partial charge in [-0.15, -0.1) is 0 Å². The van der Waals surface area contributed by atoms with E-state index in [1.807, 2.05) is 48.5 Å². The van der Waals surface area contributed by atoms with E-state index in [-0.39, 0.29) is 12.5 Å². The van der Waals surface area contributed by atoms with Crippen molar-refractivity contribution in [3.8, 4) is 11.1 Å². The van der Waals surface area contributed by atoms with Crippen LogP contribution in [0.15, 0.2) is 83.9 Å². The molecule has 3 nitrogen and oxygen atoms in total. The number of benzene rings is 3. The lowest BCUT2D eigenvalue weighted by Gasteiger charge is -2.17. The summed E-state index contributed by atoms with van der Waals surface area (Å²) in [5.41, 5.74) is 6.08. The van der Waals surface area contributed by atoms with Gasteiger partial charge in [0.05, 0.1) is 11.4 Å². The van der Waals surface area contributed by atoms with E-state index in [9.17, 15) is 4.79 Å². The van der Waals surface area contributed by atoms with Crippen LogP contribution in [-0.4, -0.2) is 25.2 Å². The van der Waals surface area contributed by atoms with Crippen molar-refractivity contribution in [3.63, 3.8) is 0 Å². The molecular weight excluding hydrogens is 308 g/mol. The van der Waals surface area contributed by atoms with Crippen molar-refractivity contribution in [2.75, 3.05) is 18.5 Å². The predicted octanol–water partition coefficient (Wildman–Crippen LogP) is 4.17. The summed E-state index contributed by atoms with van der Waals surface area (Å²) in [7, 11) is 1.81. The Morgan fingerprint density at radius 3 is 2.32 bits per heavy atom. The minimum Gasteiger partial charge on any atom is -0.313 e. The Morgan fingerprint density at radius 2 is 1.48 bits per heavy atom. The number of benzodiazepines with no additional fused rings is 1. The molecule has 0 radical (unpaired) electrons. The minimum absolute atomic E-state index is 0.00154. The van der Waals surface area contributed by atoms with Crippen molar-refractivity contribution < 1.29 is 4.79 Å². The first-order valence-corrected chi connectivity index (χ1v) is 8.30. The van der Waals surface area contributed by atoms with Gasteiger partial charge in [0.25, 0.3) is 0 Å². The fourth-order valence-electron chi connectivity index (χ4n) is 3.16. The van der Waals surface area contributed by atoms with E-state index in [4.69, 9.17) is 0 Å². The lowest BCUT2D eigenvalue weighted by atomic mass is 9.96. The zero-order chi connectivity index (χ0) is 17.2. The van der Waals surface area contributed by atoms with Gasteiger partial charge in [-0.3, -0.25) is 9.79 Å². The van der Waals surface area contributed by atoms with Gasteiger partial charge in [0.1, 0.15) is 6.54 Å². The van der Waals surface area contributed by atoms with Crippen LogP contribution in [0, 0.1) is 0 Å². The van der Waals surface area contributed by atoms with Crippen LogP contribution in [0.2, 0.25) is 0 Å². The van der Waals surface area contributed by atoms with E-state index >= 15 is 0 Å². The highest BCUT2D eigenvalue weighted by molar-refractivity contribution is 6.19. The third-order valence-corrected chi connectivity index (χ3v) is 4.51. The van der Waals surface area contributed by atoms with Gasteiger partial charge >= 0.3 is 0 Å². The molecule has 3 aromatic rings. The van der Waals surface area contributed by atoms with E-state index < -0.39 is 0 Å². The van der Waals surface area contributed by atoms with Gasteiger partial charge in [-0.25, -0.2) is 0 Å². The normalized spacial score (nSPS) is 13.9. The molecule has 1 aliphatic heterocycles. The number of para-hydroxylation sites is 1. The topological polar surface area (TPSA) is 32.7 Å². The molecule has 0 bridgehead atoms. The van der Waals surface area contributed by atoms with Crippen LogP contribution in [0.25, 0.3) is 11.1 Å². The second kappa shape index (κ2) is 6.36. The van der Waals surface area contributed by atoms with Crippen molar-refractivity contribution in [1.29, 1.82) is 0 Å². The van der Waals surface area contributed by atoms with Gasteiger partial charge < -0.3 is 4.90 Å². The standard InChI is InChI=1S/C22H18N2O/c1-24-20-13-6-5-12-19(20)22(23-15-21(24)25)18-11-7-10-17(14-18)16-8-3-2-4-9-16/h2-14H,15H2,1H3. The highest BCUT2D eigenvalue weighted by Crippen LogP contribution is 2.27. The molecule has 4 rings (SSSR count). The van der Waals surface area contributed by atoms with E-state index in [0.717, 1.165) is 28.1 Å². The van der Waals surface area contributed by atoms with Gasteiger partial charge in [-0.1, -0.05) is 66.7 Å². The summed E-state index contributed by atoms with van der Waals surface area (Å²) in [6.45, 7) is 0.163. The Labute approximate surface area is 147 Å². The first-order valence-electron chi connectivity index (χ1n) is 8.30. The predicted molar refractivity (Wildman–Crippen MR) is 102 cm³/mol. The van der Waals surface area contributed by atoms with E-state index in [1.54, 1.807) is 11.9 Å². The summed E-state index contributed by atoms with van der Waals surface area (Å²) in [6.07, 6.45) is 0. The van der Waals surface area contributed by atoms with Crippen LogP contribution in [-0.2, 0) is 4.79 Å². The molecule has 0 aliphatic carbocycles. The van der Waals surface area contributed by atoms with Crippen LogP contribution in [0.3, 0.4) is 0 Å². The summed E-state index contributed by atoms with van der Waals surface area (Å²) in [5, 5.41) is 0. The van der Waals surface area contributed by atoms with E-state index in [0.29, 0.717) is 0 Å². The Bertz CT molecular complexity index is 961. The maximum absolute atomic E-state index is 12.3. The molecule has 122 valence electrons. The van der Waals surface area contributed by atoms with Crippen LogP contribution in [0.4, 0.5) is 5.69 Å². The fraction of sp³-hybridized carbons (Fsp3) is 0.0909. The smallest absolute Gasteiger partial charge is 0.248 e. The SMILES string of the molecule is CN1C(=O)CN=C(c2cccc(-c3ccccc3)c2)c2ccccc21. The first kappa shape index (κ1) is 15.3. The molecule has 1 amide bonds. The second-order valence-electron chi connectivity index (χ2n) is 6.08. The van der Waals surface area contributed by atoms with Crippen molar-refractivity contribution >= 4 is 17.3 Å². The summed E-state index contributed by atoms with van der Waals surface area (Å²) in [6, 6.07) is 26.5. The average Bonchev–Trinajstić information content (AvgIpc) is 2.80. The minimum atomic E-state index is 0.00154. The highest BCUT2D eigenvalue weighted by Gasteiger charge is 2.22. The number of hydrogen-bond acceptors (Lipinski definition) is 2. The third-order valence-electron chi connectivity index (χ3n) is 4.51. The second-order valence-corrected chi connectivity index (χ2v) is 6.08. The lowest BCUT2D eigenvalue weighted by Crippen LogP contribution is -2.27. The molecule has 3 aromatic carbocycles. The molecule has 3 heteroatoms. The molecule has 0 fully saturated rings. The van der Waals surface area contributed by atoms with Crippen LogP contribution in [0.5, 0.6) is 0 Å². The van der Waals surface area contributed by atoms with E-state index in [1.165, 1.54) is 5.56 Å². The highest BCUT2D eigenvalue weighted by atomic mass is 16.2. The number of anilines is 1. The zero-order valence-electron chi connectivity index (χ0n) is 14.0. The largest absolute Gasteiger partial charge is 0.313 e. The summed E-state index contributed by atoms with van der Waals surface area (Å²) in [5.74, 6) is 0.00154. The van der Waals surface area contributed by atoms with Crippen LogP contribution >= 0.6 is 0 Å². The van der Waals surface area contributed by atoms with E-state index in [2.05, 4.69) is 35.3 Å². The monoisotopic (exact) mass is 326 g/mol. The Hall–Kier alpha value is -3.20. The molecule has 1 heterocycles. The number of likely N-dealkylation sites (N-methyl/N-ethyl adjacent to an activating group) is 1. The molecule has 1 aliphatic rings. The molecule has 0 atom stereocenters. The number of nitrogens with zero attached hydrogens (tertiary/aromatic N) is 2. The van der Waals surface area contributed by atoms with Crippen LogP contribution < -0.4 is 4.90 Å². The zero-order valence-corrected chi connectivity index (χ0v) is 14.0. The molecule has 0 aromatic heterocycles. The van der Waals surface area contributed by atoms with Crippen molar-refractivity contribution in [2.24, 2.45) is 4.99 Å². The summed E-state index contributed by atoms with van der Waals surface area (Å²) >= 11 is 0. The van der Waals surface area contributed by atoms with Gasteiger partial charge in [0, 0.05) is 18.2 Å². The van der Waals surface area contributed by atoms with Crippen molar-refractivity contribution in [1.82, 2.24) is 0 Å². The first-order chi connectivity index (χ1) is 12.2. The summed E-state index contributed by atoms with van der Waals surface area (Å²) in [4.78, 5) is 18.6. The number of fused-ring (bicyclic) bond motifs is 1. The molecule has 0 saturated heterocycles. The molecule has 0 unspecified atom stereocenters. The number of amides is 1. The molecule has 0 N–H and O–H groups in total. The van der Waals surface area contributed by atoms with Crippen molar-refractivity contribution in [3.05, 3.63) is 90.0 Å². The van der Waals surface area contributed by atoms with Crippen LogP contribution in [0.1, 0.15) is 11.1 Å². The van der Waals surface area contributed by atoms with Crippen molar-refractivity contribution in [2.45, 2.75) is 0 Å². The molecule has 0 spiro atoms. The number of carbonyl (C=O) groups excluding carboxylic acids is 1. The van der Waals surface area contributed by atoms with Gasteiger partial charge in [-0.2, -0.15) is 0 Å². The number of rotatable bonds is 2. The lowest BCUT2D eigenvalue weighted by molar-refractivity contribution is -0.116. The fourth-order valence-corrected chi connectivity index (χ4v) is 3.16. The molecular formula is C22H18N2O. The van der Waals surface area contributed by atoms with Gasteiger partial charge in [-0.05, 0) is 23.3 Å². The summed E-state index contributed by atoms with van der Waals surface area (Å²) < 4.78 is 0. The average molecular weight is 326 g/mol. The van der Waals surface area contributed by atoms with Gasteiger partial charge in [0.15, 0.2) is 0 Å². The molecule has 25 heavy (non-hydrogen) atoms. The Morgan fingerprint density at radius 1 is 0.800 bits per heavy atom. The maximum Gasteiger partial charge on any atom is 0.248 e. The quantitative estimate of drug-likeness (QED) is 0.696. The third kappa shape index (κ3) is 2.85. The maximum atomic E-state index is 12.3. The Kier molecular flexibility index (Phi) is 3.90. The Balaban J connectivity index is 1.85. The molecule has 0 saturated carbocycles.